The highest BCUT2D eigenvalue weighted by Crippen LogP contribution is 2.24. The maximum atomic E-state index is 10.9. The van der Waals surface area contributed by atoms with Crippen LogP contribution in [0.2, 0.25) is 0 Å². The number of hydrogen-bond acceptors (Lipinski definition) is 5. The number of rotatable bonds is 4. The zero-order valence-corrected chi connectivity index (χ0v) is 9.74. The van der Waals surface area contributed by atoms with Crippen molar-refractivity contribution in [1.29, 1.82) is 0 Å². The first kappa shape index (κ1) is 11.5. The summed E-state index contributed by atoms with van der Waals surface area (Å²) in [6, 6.07) is 5.02. The number of nitrogens with zero attached hydrogens (tertiary/aromatic N) is 1. The minimum atomic E-state index is -0.483. The minimum absolute atomic E-state index is 0.410. The van der Waals surface area contributed by atoms with Gasteiger partial charge in [0.15, 0.2) is 0 Å². The molecule has 4 N–H and O–H groups in total. The summed E-state index contributed by atoms with van der Waals surface area (Å²) < 4.78 is 5.09. The van der Waals surface area contributed by atoms with Crippen molar-refractivity contribution in [3.63, 3.8) is 0 Å². The molecule has 0 spiro atoms. The first-order chi connectivity index (χ1) is 8.16. The molecule has 88 valence electrons. The third kappa shape index (κ3) is 2.79. The fraction of sp³-hybridized carbons (Fsp3) is 0.0909. The Morgan fingerprint density at radius 1 is 1.47 bits per heavy atom. The fourth-order valence-corrected chi connectivity index (χ4v) is 2.10. The number of amides is 1. The molecule has 0 aliphatic carbocycles. The molecule has 2 aromatic rings. The third-order valence-corrected chi connectivity index (χ3v) is 3.10. The summed E-state index contributed by atoms with van der Waals surface area (Å²) >= 11 is 1.43. The Morgan fingerprint density at radius 2 is 2.29 bits per heavy atom. The molecule has 0 saturated carbocycles. The number of benzene rings is 1. The van der Waals surface area contributed by atoms with Gasteiger partial charge in [0.25, 0.3) is 5.22 Å². The summed E-state index contributed by atoms with van der Waals surface area (Å²) in [7, 11) is 0. The third-order valence-electron chi connectivity index (χ3n) is 2.19. The van der Waals surface area contributed by atoms with Crippen LogP contribution in [0, 0.1) is 0 Å². The Balaban J connectivity index is 2.09. The highest BCUT2D eigenvalue weighted by molar-refractivity contribution is 7.98. The Labute approximate surface area is 102 Å². The van der Waals surface area contributed by atoms with E-state index >= 15 is 0 Å². The van der Waals surface area contributed by atoms with Crippen molar-refractivity contribution < 1.29 is 9.21 Å². The van der Waals surface area contributed by atoms with Crippen molar-refractivity contribution in [1.82, 2.24) is 4.98 Å². The predicted molar refractivity (Wildman–Crippen MR) is 65.4 cm³/mol. The minimum Gasteiger partial charge on any atom is -0.440 e. The maximum Gasteiger partial charge on any atom is 0.255 e. The van der Waals surface area contributed by atoms with Crippen LogP contribution in [-0.4, -0.2) is 10.9 Å². The van der Waals surface area contributed by atoms with Crippen molar-refractivity contribution in [2.75, 3.05) is 5.73 Å². The lowest BCUT2D eigenvalue weighted by atomic mass is 10.1. The topological polar surface area (TPSA) is 95.1 Å². The number of aromatic nitrogens is 1. The van der Waals surface area contributed by atoms with Crippen molar-refractivity contribution in [2.24, 2.45) is 5.73 Å². The van der Waals surface area contributed by atoms with Crippen LogP contribution in [0.15, 0.2) is 40.3 Å². The molecule has 2 rings (SSSR count). The van der Waals surface area contributed by atoms with Gasteiger partial charge >= 0.3 is 0 Å². The van der Waals surface area contributed by atoms with Gasteiger partial charge < -0.3 is 15.9 Å². The van der Waals surface area contributed by atoms with Gasteiger partial charge in [-0.25, -0.2) is 4.98 Å². The number of carbonyl (C=O) groups excluding carboxylic acids is 1. The fourth-order valence-electron chi connectivity index (χ4n) is 1.30. The van der Waals surface area contributed by atoms with Gasteiger partial charge in [-0.1, -0.05) is 17.8 Å². The van der Waals surface area contributed by atoms with Crippen LogP contribution in [0.5, 0.6) is 0 Å². The highest BCUT2D eigenvalue weighted by Gasteiger charge is 2.06. The number of nitrogens with two attached hydrogens (primary N) is 2. The Hall–Kier alpha value is -1.95. The van der Waals surface area contributed by atoms with Crippen LogP contribution in [0.1, 0.15) is 15.9 Å². The molecule has 6 heteroatoms. The Bertz CT molecular complexity index is 526. The first-order valence-electron chi connectivity index (χ1n) is 4.87. The standard InChI is InChI=1S/C11H11N3O2S/c12-9-5-7(10(13)15)1-2-8(9)6-17-11-14-3-4-16-11/h1-5H,6,12H2,(H2,13,15). The number of hydrogen-bond donors (Lipinski definition) is 2. The van der Waals surface area contributed by atoms with E-state index in [9.17, 15) is 4.79 Å². The number of primary amides is 1. The second kappa shape index (κ2) is 4.92. The first-order valence-corrected chi connectivity index (χ1v) is 5.86. The highest BCUT2D eigenvalue weighted by atomic mass is 32.2. The van der Waals surface area contributed by atoms with Crippen LogP contribution in [0.3, 0.4) is 0 Å². The SMILES string of the molecule is NC(=O)c1ccc(CSc2ncco2)c(N)c1. The smallest absolute Gasteiger partial charge is 0.255 e. The largest absolute Gasteiger partial charge is 0.440 e. The maximum absolute atomic E-state index is 10.9. The molecule has 1 aromatic carbocycles. The predicted octanol–water partition coefficient (Wildman–Crippen LogP) is 1.65. The summed E-state index contributed by atoms with van der Waals surface area (Å²) in [6.07, 6.45) is 3.10. The van der Waals surface area contributed by atoms with E-state index in [0.29, 0.717) is 22.2 Å². The van der Waals surface area contributed by atoms with Gasteiger partial charge in [-0.3, -0.25) is 4.79 Å². The number of anilines is 1. The molecule has 0 saturated heterocycles. The van der Waals surface area contributed by atoms with E-state index in [1.807, 2.05) is 0 Å². The van der Waals surface area contributed by atoms with Crippen LogP contribution < -0.4 is 11.5 Å². The van der Waals surface area contributed by atoms with Crippen LogP contribution in [0.4, 0.5) is 5.69 Å². The lowest BCUT2D eigenvalue weighted by Gasteiger charge is -2.05. The van der Waals surface area contributed by atoms with Crippen molar-refractivity contribution in [3.05, 3.63) is 41.8 Å². The normalized spacial score (nSPS) is 10.4. The van der Waals surface area contributed by atoms with E-state index in [1.165, 1.54) is 18.0 Å². The molecule has 0 radical (unpaired) electrons. The van der Waals surface area contributed by atoms with Gasteiger partial charge in [0.05, 0.1) is 6.20 Å². The summed E-state index contributed by atoms with van der Waals surface area (Å²) in [4.78, 5) is 14.9. The molecule has 0 atom stereocenters. The molecule has 0 fully saturated rings. The average Bonchev–Trinajstić information content (AvgIpc) is 2.80. The molecule has 1 aromatic heterocycles. The van der Waals surface area contributed by atoms with Crippen LogP contribution in [0.25, 0.3) is 0 Å². The van der Waals surface area contributed by atoms with E-state index in [1.54, 1.807) is 24.4 Å². The quantitative estimate of drug-likeness (QED) is 0.634. The number of carbonyl (C=O) groups is 1. The summed E-state index contributed by atoms with van der Waals surface area (Å²) in [5.41, 5.74) is 12.9. The summed E-state index contributed by atoms with van der Waals surface area (Å²) in [5, 5.41) is 0.586. The lowest BCUT2D eigenvalue weighted by molar-refractivity contribution is 0.100. The van der Waals surface area contributed by atoms with Gasteiger partial charge in [0, 0.05) is 17.0 Å². The second-order valence-electron chi connectivity index (χ2n) is 3.36. The van der Waals surface area contributed by atoms with E-state index in [0.717, 1.165) is 5.56 Å². The van der Waals surface area contributed by atoms with E-state index < -0.39 is 5.91 Å². The van der Waals surface area contributed by atoms with Gasteiger partial charge in [0.2, 0.25) is 5.91 Å². The van der Waals surface area contributed by atoms with Gasteiger partial charge in [-0.15, -0.1) is 0 Å². The number of nitrogen functional groups attached to an aromatic ring is 1. The zero-order chi connectivity index (χ0) is 12.3. The number of oxazole rings is 1. The Morgan fingerprint density at radius 3 is 2.88 bits per heavy atom. The van der Waals surface area contributed by atoms with Gasteiger partial charge in [0.1, 0.15) is 6.26 Å². The molecule has 0 bridgehead atoms. The Kier molecular flexibility index (Phi) is 3.34. The molecule has 0 aliphatic heterocycles. The van der Waals surface area contributed by atoms with E-state index in [-0.39, 0.29) is 0 Å². The van der Waals surface area contributed by atoms with Gasteiger partial charge in [-0.05, 0) is 17.7 Å². The lowest BCUT2D eigenvalue weighted by Crippen LogP contribution is -2.11. The summed E-state index contributed by atoms with van der Waals surface area (Å²) in [5.74, 6) is 0.148. The van der Waals surface area contributed by atoms with Crippen LogP contribution in [-0.2, 0) is 5.75 Å². The molecule has 0 aliphatic rings. The summed E-state index contributed by atoms with van der Waals surface area (Å²) in [6.45, 7) is 0. The molecular formula is C11H11N3O2S. The molecule has 1 amide bonds. The molecule has 1 heterocycles. The molecule has 0 unspecified atom stereocenters. The molecular weight excluding hydrogens is 238 g/mol. The van der Waals surface area contributed by atoms with E-state index in [4.69, 9.17) is 15.9 Å². The van der Waals surface area contributed by atoms with Crippen molar-refractivity contribution in [2.45, 2.75) is 11.0 Å². The monoisotopic (exact) mass is 249 g/mol. The second-order valence-corrected chi connectivity index (χ2v) is 4.29. The number of thioether (sulfide) groups is 1. The van der Waals surface area contributed by atoms with Gasteiger partial charge in [-0.2, -0.15) is 0 Å². The average molecular weight is 249 g/mol. The zero-order valence-electron chi connectivity index (χ0n) is 8.92. The van der Waals surface area contributed by atoms with Crippen molar-refractivity contribution in [3.8, 4) is 0 Å². The molecule has 5 nitrogen and oxygen atoms in total. The van der Waals surface area contributed by atoms with Crippen molar-refractivity contribution >= 4 is 23.4 Å². The van der Waals surface area contributed by atoms with E-state index in [2.05, 4.69) is 4.98 Å². The molecule has 17 heavy (non-hydrogen) atoms. The van der Waals surface area contributed by atoms with Crippen LogP contribution >= 0.6 is 11.8 Å².